The van der Waals surface area contributed by atoms with Gasteiger partial charge in [-0.05, 0) is 62.4 Å². The summed E-state index contributed by atoms with van der Waals surface area (Å²) in [6.07, 6.45) is 7.61. The molecule has 1 aromatic rings. The molecule has 2 aliphatic rings. The first-order chi connectivity index (χ1) is 11.5. The van der Waals surface area contributed by atoms with E-state index in [1.807, 2.05) is 0 Å². The van der Waals surface area contributed by atoms with Gasteiger partial charge < -0.3 is 4.90 Å². The Labute approximate surface area is 150 Å². The van der Waals surface area contributed by atoms with Crippen molar-refractivity contribution < 1.29 is 8.42 Å². The third-order valence-electron chi connectivity index (χ3n) is 5.33. The molecule has 134 valence electrons. The Hall–Kier alpha value is -0.620. The topological polar surface area (TPSA) is 49.4 Å². The lowest BCUT2D eigenvalue weighted by molar-refractivity contribution is 0.135. The van der Waals surface area contributed by atoms with Crippen LogP contribution in [-0.2, 0) is 15.8 Å². The monoisotopic (exact) mass is 370 g/mol. The zero-order chi connectivity index (χ0) is 17.0. The number of halogens is 1. The number of likely N-dealkylation sites (tertiary alicyclic amines) is 1. The fourth-order valence-electron chi connectivity index (χ4n) is 3.93. The lowest BCUT2D eigenvalue weighted by atomic mass is 9.96. The molecule has 1 heterocycles. The van der Waals surface area contributed by atoms with Crippen LogP contribution in [0.3, 0.4) is 0 Å². The van der Waals surface area contributed by atoms with Crippen LogP contribution in [0.2, 0.25) is 5.02 Å². The molecule has 1 aliphatic carbocycles. The van der Waals surface area contributed by atoms with E-state index in [2.05, 4.69) is 9.62 Å². The highest BCUT2D eigenvalue weighted by Crippen LogP contribution is 2.27. The van der Waals surface area contributed by atoms with E-state index in [1.165, 1.54) is 25.7 Å². The van der Waals surface area contributed by atoms with Crippen molar-refractivity contribution in [2.75, 3.05) is 19.6 Å². The van der Waals surface area contributed by atoms with Crippen LogP contribution in [0.1, 0.15) is 44.1 Å². The van der Waals surface area contributed by atoms with Gasteiger partial charge in [0.25, 0.3) is 0 Å². The number of hydrogen-bond acceptors (Lipinski definition) is 3. The summed E-state index contributed by atoms with van der Waals surface area (Å²) < 4.78 is 27.3. The molecule has 0 atom stereocenters. The number of piperidine rings is 1. The third kappa shape index (κ3) is 5.19. The fourth-order valence-corrected chi connectivity index (χ4v) is 5.36. The van der Waals surface area contributed by atoms with Crippen LogP contribution in [-0.4, -0.2) is 39.0 Å². The van der Waals surface area contributed by atoms with Crippen molar-refractivity contribution in [1.82, 2.24) is 9.62 Å². The van der Waals surface area contributed by atoms with E-state index in [4.69, 9.17) is 11.6 Å². The van der Waals surface area contributed by atoms with Gasteiger partial charge in [-0.3, -0.25) is 0 Å². The van der Waals surface area contributed by atoms with Gasteiger partial charge in [0, 0.05) is 17.6 Å². The van der Waals surface area contributed by atoms with E-state index in [-0.39, 0.29) is 5.75 Å². The second-order valence-corrected chi connectivity index (χ2v) is 9.40. The molecule has 1 saturated carbocycles. The maximum atomic E-state index is 12.3. The molecule has 1 saturated heterocycles. The summed E-state index contributed by atoms with van der Waals surface area (Å²) in [7, 11) is -3.30. The SMILES string of the molecule is O=S(=O)(Cc1cccc(Cl)c1)NCC1CCN(C2CCCC2)CC1. The Kier molecular flexibility index (Phi) is 6.19. The molecule has 0 radical (unpaired) electrons. The van der Waals surface area contributed by atoms with E-state index >= 15 is 0 Å². The first kappa shape index (κ1) is 18.2. The van der Waals surface area contributed by atoms with Crippen molar-refractivity contribution in [2.45, 2.75) is 50.3 Å². The number of nitrogens with one attached hydrogen (secondary N) is 1. The molecule has 6 heteroatoms. The average molecular weight is 371 g/mol. The van der Waals surface area contributed by atoms with Gasteiger partial charge in [0.15, 0.2) is 0 Å². The average Bonchev–Trinajstić information content (AvgIpc) is 3.08. The van der Waals surface area contributed by atoms with Gasteiger partial charge in [0.05, 0.1) is 5.75 Å². The van der Waals surface area contributed by atoms with Gasteiger partial charge in [-0.25, -0.2) is 13.1 Å². The Morgan fingerprint density at radius 1 is 1.12 bits per heavy atom. The van der Waals surface area contributed by atoms with E-state index in [0.29, 0.717) is 17.5 Å². The Morgan fingerprint density at radius 2 is 1.83 bits per heavy atom. The largest absolute Gasteiger partial charge is 0.300 e. The number of hydrogen-bond donors (Lipinski definition) is 1. The molecule has 0 unspecified atom stereocenters. The van der Waals surface area contributed by atoms with Gasteiger partial charge in [-0.2, -0.15) is 0 Å². The smallest absolute Gasteiger partial charge is 0.215 e. The van der Waals surface area contributed by atoms with Crippen LogP contribution >= 0.6 is 11.6 Å². The molecule has 0 aromatic heterocycles. The van der Waals surface area contributed by atoms with Crippen molar-refractivity contribution in [3.63, 3.8) is 0 Å². The molecule has 4 nitrogen and oxygen atoms in total. The summed E-state index contributed by atoms with van der Waals surface area (Å²) in [5.74, 6) is 0.450. The lowest BCUT2D eigenvalue weighted by Gasteiger charge is -2.36. The number of benzene rings is 1. The van der Waals surface area contributed by atoms with Gasteiger partial charge in [-0.15, -0.1) is 0 Å². The third-order valence-corrected chi connectivity index (χ3v) is 6.88. The van der Waals surface area contributed by atoms with Gasteiger partial charge >= 0.3 is 0 Å². The van der Waals surface area contributed by atoms with Crippen LogP contribution in [0.15, 0.2) is 24.3 Å². The summed E-state index contributed by atoms with van der Waals surface area (Å²) in [6, 6.07) is 7.83. The van der Waals surface area contributed by atoms with Gasteiger partial charge in [-0.1, -0.05) is 36.6 Å². The minimum atomic E-state index is -3.30. The second kappa shape index (κ2) is 8.17. The summed E-state index contributed by atoms with van der Waals surface area (Å²) in [6.45, 7) is 2.79. The normalized spacial score (nSPS) is 21.4. The highest BCUT2D eigenvalue weighted by molar-refractivity contribution is 7.88. The van der Waals surface area contributed by atoms with Crippen molar-refractivity contribution >= 4 is 21.6 Å². The lowest BCUT2D eigenvalue weighted by Crippen LogP contribution is -2.42. The molecule has 24 heavy (non-hydrogen) atoms. The van der Waals surface area contributed by atoms with Crippen molar-refractivity contribution in [2.24, 2.45) is 5.92 Å². The van der Waals surface area contributed by atoms with Crippen molar-refractivity contribution in [3.8, 4) is 0 Å². The molecule has 0 spiro atoms. The van der Waals surface area contributed by atoms with E-state index in [1.54, 1.807) is 24.3 Å². The van der Waals surface area contributed by atoms with Crippen molar-refractivity contribution in [3.05, 3.63) is 34.9 Å². The molecule has 3 rings (SSSR count). The minimum absolute atomic E-state index is 0.00548. The Morgan fingerprint density at radius 3 is 2.50 bits per heavy atom. The molecule has 1 aliphatic heterocycles. The maximum Gasteiger partial charge on any atom is 0.215 e. The predicted octanol–water partition coefficient (Wildman–Crippen LogP) is 3.41. The van der Waals surface area contributed by atoms with E-state index < -0.39 is 10.0 Å². The van der Waals surface area contributed by atoms with Crippen LogP contribution in [0, 0.1) is 5.92 Å². The van der Waals surface area contributed by atoms with E-state index in [9.17, 15) is 8.42 Å². The second-order valence-electron chi connectivity index (χ2n) is 7.16. The number of sulfonamides is 1. The van der Waals surface area contributed by atoms with Crippen LogP contribution in [0.5, 0.6) is 0 Å². The first-order valence-corrected chi connectivity index (χ1v) is 11.0. The molecule has 2 fully saturated rings. The van der Waals surface area contributed by atoms with Crippen molar-refractivity contribution in [1.29, 1.82) is 0 Å². The van der Waals surface area contributed by atoms with Gasteiger partial charge in [0.2, 0.25) is 10.0 Å². The van der Waals surface area contributed by atoms with Gasteiger partial charge in [0.1, 0.15) is 0 Å². The molecule has 1 N–H and O–H groups in total. The zero-order valence-corrected chi connectivity index (χ0v) is 15.7. The summed E-state index contributed by atoms with van der Waals surface area (Å²) in [4.78, 5) is 2.62. The highest BCUT2D eigenvalue weighted by Gasteiger charge is 2.27. The standard InChI is InChI=1S/C18H27ClN2O2S/c19-17-5-3-4-16(12-17)14-24(22,23)20-13-15-8-10-21(11-9-15)18-6-1-2-7-18/h3-5,12,15,18,20H,1-2,6-11,13-14H2. The number of rotatable bonds is 6. The molecule has 1 aromatic carbocycles. The summed E-state index contributed by atoms with van der Waals surface area (Å²) >= 11 is 5.92. The quantitative estimate of drug-likeness (QED) is 0.834. The first-order valence-electron chi connectivity index (χ1n) is 8.98. The highest BCUT2D eigenvalue weighted by atomic mass is 35.5. The fraction of sp³-hybridized carbons (Fsp3) is 0.667. The van der Waals surface area contributed by atoms with Crippen LogP contribution < -0.4 is 4.72 Å². The predicted molar refractivity (Wildman–Crippen MR) is 98.6 cm³/mol. The molecular weight excluding hydrogens is 344 g/mol. The summed E-state index contributed by atoms with van der Waals surface area (Å²) in [5.41, 5.74) is 0.728. The van der Waals surface area contributed by atoms with Crippen LogP contribution in [0.25, 0.3) is 0 Å². The molecule has 0 bridgehead atoms. The number of nitrogens with zero attached hydrogens (tertiary/aromatic N) is 1. The minimum Gasteiger partial charge on any atom is -0.300 e. The maximum absolute atomic E-state index is 12.3. The van der Waals surface area contributed by atoms with E-state index in [0.717, 1.165) is 37.5 Å². The Bertz CT molecular complexity index is 636. The zero-order valence-electron chi connectivity index (χ0n) is 14.1. The molecular formula is C18H27ClN2O2S. The van der Waals surface area contributed by atoms with Crippen LogP contribution in [0.4, 0.5) is 0 Å². The molecule has 0 amide bonds. The Balaban J connectivity index is 1.43. The summed E-state index contributed by atoms with van der Waals surface area (Å²) in [5, 5.41) is 0.571.